The second-order valence-electron chi connectivity index (χ2n) is 6.13. The van der Waals surface area contributed by atoms with Gasteiger partial charge in [0.25, 0.3) is 0 Å². The highest BCUT2D eigenvalue weighted by molar-refractivity contribution is 14.0. The molecule has 10 heteroatoms. The highest BCUT2D eigenvalue weighted by Crippen LogP contribution is 2.25. The predicted octanol–water partition coefficient (Wildman–Crippen LogP) is 4.85. The molecule has 29 heavy (non-hydrogen) atoms. The molecule has 1 aromatic carbocycles. The smallest absolute Gasteiger partial charge is 0.216 e. The largest absolute Gasteiger partial charge is 0.461 e. The van der Waals surface area contributed by atoms with Gasteiger partial charge in [-0.2, -0.15) is 5.10 Å². The second-order valence-corrected chi connectivity index (χ2v) is 6.95. The number of hydrogen-bond donors (Lipinski definition) is 3. The van der Waals surface area contributed by atoms with Crippen molar-refractivity contribution in [2.75, 3.05) is 13.1 Å². The highest BCUT2D eigenvalue weighted by atomic mass is 127. The van der Waals surface area contributed by atoms with Gasteiger partial charge in [-0.1, -0.05) is 29.3 Å². The summed E-state index contributed by atoms with van der Waals surface area (Å²) in [6.07, 6.45) is 2.23. The maximum atomic E-state index is 6.12. The monoisotopic (exact) mass is 548 g/mol. The van der Waals surface area contributed by atoms with Crippen LogP contribution in [-0.4, -0.2) is 34.2 Å². The fourth-order valence-electron chi connectivity index (χ4n) is 2.59. The third-order valence-corrected chi connectivity index (χ3v) is 4.77. The minimum atomic E-state index is 0. The molecule has 2 heterocycles. The van der Waals surface area contributed by atoms with E-state index in [1.807, 2.05) is 32.0 Å². The topological polar surface area (TPSA) is 91.1 Å². The molecule has 156 valence electrons. The first-order valence-electron chi connectivity index (χ1n) is 9.01. The molecule has 0 radical (unpaired) electrons. The maximum Gasteiger partial charge on any atom is 0.216 e. The zero-order chi connectivity index (χ0) is 19.9. The van der Waals surface area contributed by atoms with Crippen molar-refractivity contribution in [2.24, 2.45) is 4.99 Å². The standard InChI is InChI=1S/C19H22Cl2N6O.HI/c1-3-22-19(24-12(2)13-6-7-14(20)15(21)11-13)23-9-8-17-25-18(27-26-17)16-5-4-10-28-16;/h4-7,10-12H,3,8-9H2,1-2H3,(H2,22,23,24)(H,25,26,27);1H. The molecule has 0 saturated heterocycles. The molecule has 0 aliphatic carbocycles. The molecule has 0 saturated carbocycles. The van der Waals surface area contributed by atoms with Crippen LogP contribution >= 0.6 is 47.2 Å². The van der Waals surface area contributed by atoms with Crippen LogP contribution in [0.1, 0.15) is 31.3 Å². The van der Waals surface area contributed by atoms with E-state index in [-0.39, 0.29) is 30.0 Å². The summed E-state index contributed by atoms with van der Waals surface area (Å²) < 4.78 is 5.30. The van der Waals surface area contributed by atoms with Gasteiger partial charge in [0, 0.05) is 19.5 Å². The Morgan fingerprint density at radius 3 is 2.79 bits per heavy atom. The zero-order valence-corrected chi connectivity index (χ0v) is 19.9. The molecule has 0 aliphatic heterocycles. The summed E-state index contributed by atoms with van der Waals surface area (Å²) in [5.41, 5.74) is 1.03. The molecular weight excluding hydrogens is 526 g/mol. The van der Waals surface area contributed by atoms with Gasteiger partial charge < -0.3 is 15.1 Å². The van der Waals surface area contributed by atoms with Crippen LogP contribution in [0.4, 0.5) is 0 Å². The summed E-state index contributed by atoms with van der Waals surface area (Å²) in [6, 6.07) is 9.24. The van der Waals surface area contributed by atoms with E-state index < -0.39 is 0 Å². The molecule has 0 fully saturated rings. The van der Waals surface area contributed by atoms with Crippen molar-refractivity contribution >= 4 is 53.1 Å². The number of halogens is 3. The fourth-order valence-corrected chi connectivity index (χ4v) is 2.89. The summed E-state index contributed by atoms with van der Waals surface area (Å²) in [7, 11) is 0. The van der Waals surface area contributed by atoms with Crippen LogP contribution in [-0.2, 0) is 6.42 Å². The number of hydrogen-bond acceptors (Lipinski definition) is 4. The Bertz CT molecular complexity index is 929. The first-order valence-corrected chi connectivity index (χ1v) is 9.77. The van der Waals surface area contributed by atoms with E-state index in [9.17, 15) is 0 Å². The van der Waals surface area contributed by atoms with Gasteiger partial charge in [0.05, 0.1) is 22.4 Å². The summed E-state index contributed by atoms with van der Waals surface area (Å²) in [4.78, 5) is 9.03. The Kier molecular flexibility index (Phi) is 9.25. The maximum absolute atomic E-state index is 6.12. The molecule has 1 unspecified atom stereocenters. The number of aliphatic imine (C=N–C) groups is 1. The second kappa shape index (κ2) is 11.4. The van der Waals surface area contributed by atoms with Crippen LogP contribution in [0.3, 0.4) is 0 Å². The average Bonchev–Trinajstić information content (AvgIpc) is 3.35. The molecule has 0 aliphatic rings. The summed E-state index contributed by atoms with van der Waals surface area (Å²) in [5.74, 6) is 2.65. The third-order valence-electron chi connectivity index (χ3n) is 4.03. The first kappa shape index (κ1) is 23.5. The van der Waals surface area contributed by atoms with Crippen LogP contribution in [0.15, 0.2) is 46.0 Å². The number of nitrogens with one attached hydrogen (secondary N) is 3. The van der Waals surface area contributed by atoms with Crippen molar-refractivity contribution in [3.8, 4) is 11.6 Å². The number of guanidine groups is 1. The van der Waals surface area contributed by atoms with E-state index in [1.54, 1.807) is 18.4 Å². The van der Waals surface area contributed by atoms with Gasteiger partial charge in [-0.15, -0.1) is 24.0 Å². The Morgan fingerprint density at radius 2 is 2.10 bits per heavy atom. The molecule has 0 amide bonds. The fraction of sp³-hybridized carbons (Fsp3) is 0.316. The number of aromatic nitrogens is 3. The number of aromatic amines is 1. The molecule has 1 atom stereocenters. The van der Waals surface area contributed by atoms with Gasteiger partial charge in [0.1, 0.15) is 5.82 Å². The van der Waals surface area contributed by atoms with Crippen molar-refractivity contribution < 1.29 is 4.42 Å². The van der Waals surface area contributed by atoms with E-state index in [1.165, 1.54) is 0 Å². The third kappa shape index (κ3) is 6.61. The van der Waals surface area contributed by atoms with Gasteiger partial charge in [-0.3, -0.25) is 10.1 Å². The lowest BCUT2D eigenvalue weighted by Gasteiger charge is -2.18. The first-order chi connectivity index (χ1) is 13.6. The van der Waals surface area contributed by atoms with Gasteiger partial charge in [0.2, 0.25) is 5.82 Å². The minimum absolute atomic E-state index is 0. The molecule has 2 aromatic heterocycles. The Morgan fingerprint density at radius 1 is 1.28 bits per heavy atom. The molecule has 3 aromatic rings. The van der Waals surface area contributed by atoms with Crippen molar-refractivity contribution in [2.45, 2.75) is 26.3 Å². The minimum Gasteiger partial charge on any atom is -0.461 e. The van der Waals surface area contributed by atoms with Gasteiger partial charge in [-0.25, -0.2) is 4.98 Å². The predicted molar refractivity (Wildman–Crippen MR) is 127 cm³/mol. The van der Waals surface area contributed by atoms with Crippen LogP contribution in [0, 0.1) is 0 Å². The molecule has 3 rings (SSSR count). The van der Waals surface area contributed by atoms with Crippen molar-refractivity contribution in [3.63, 3.8) is 0 Å². The number of nitrogens with zero attached hydrogens (tertiary/aromatic N) is 3. The number of furan rings is 1. The number of H-pyrrole nitrogens is 1. The molecule has 7 nitrogen and oxygen atoms in total. The SMILES string of the molecule is CCNC(=NCCc1nc(-c2ccco2)n[nH]1)NC(C)c1ccc(Cl)c(Cl)c1.I. The molecule has 0 bridgehead atoms. The Labute approximate surface area is 196 Å². The number of benzene rings is 1. The summed E-state index contributed by atoms with van der Waals surface area (Å²) in [5, 5.41) is 14.8. The van der Waals surface area contributed by atoms with Crippen LogP contribution in [0.2, 0.25) is 10.0 Å². The van der Waals surface area contributed by atoms with Crippen LogP contribution < -0.4 is 10.6 Å². The van der Waals surface area contributed by atoms with Crippen molar-refractivity contribution in [1.29, 1.82) is 0 Å². The lowest BCUT2D eigenvalue weighted by molar-refractivity contribution is 0.577. The van der Waals surface area contributed by atoms with Crippen molar-refractivity contribution in [1.82, 2.24) is 25.8 Å². The zero-order valence-electron chi connectivity index (χ0n) is 16.1. The normalized spacial score (nSPS) is 12.3. The van der Waals surface area contributed by atoms with Gasteiger partial charge in [-0.05, 0) is 43.7 Å². The van der Waals surface area contributed by atoms with Crippen LogP contribution in [0.5, 0.6) is 0 Å². The highest BCUT2D eigenvalue weighted by Gasteiger charge is 2.11. The quantitative estimate of drug-likeness (QED) is 0.223. The van der Waals surface area contributed by atoms with E-state index in [0.717, 1.165) is 17.9 Å². The van der Waals surface area contributed by atoms with E-state index >= 15 is 0 Å². The molecular formula is C19H23Cl2IN6O. The van der Waals surface area contributed by atoms with Gasteiger partial charge in [0.15, 0.2) is 11.7 Å². The molecule has 3 N–H and O–H groups in total. The van der Waals surface area contributed by atoms with Gasteiger partial charge >= 0.3 is 0 Å². The number of rotatable bonds is 7. The Hall–Kier alpha value is -1.78. The van der Waals surface area contributed by atoms with E-state index in [2.05, 4.69) is 30.8 Å². The lowest BCUT2D eigenvalue weighted by atomic mass is 10.1. The van der Waals surface area contributed by atoms with E-state index in [4.69, 9.17) is 27.6 Å². The van der Waals surface area contributed by atoms with E-state index in [0.29, 0.717) is 40.6 Å². The summed E-state index contributed by atoms with van der Waals surface area (Å²) in [6.45, 7) is 5.37. The van der Waals surface area contributed by atoms with Crippen molar-refractivity contribution in [3.05, 3.63) is 58.0 Å². The molecule has 0 spiro atoms. The summed E-state index contributed by atoms with van der Waals surface area (Å²) >= 11 is 12.1. The Balaban J connectivity index is 0.00000300. The average molecular weight is 549 g/mol. The van der Waals surface area contributed by atoms with Crippen LogP contribution in [0.25, 0.3) is 11.6 Å². The lowest BCUT2D eigenvalue weighted by Crippen LogP contribution is -2.38.